The number of likely N-dealkylation sites (N-methyl/N-ethyl adjacent to an activating group) is 1. The van der Waals surface area contributed by atoms with Gasteiger partial charge in [0.05, 0.1) is 42.0 Å². The van der Waals surface area contributed by atoms with Crippen molar-refractivity contribution in [3.05, 3.63) is 29.8 Å². The highest BCUT2D eigenvalue weighted by atomic mass is 19.1. The molecular formula is C46H79F2N3O12. The van der Waals surface area contributed by atoms with E-state index in [0.717, 1.165) is 24.6 Å². The summed E-state index contributed by atoms with van der Waals surface area (Å²) in [5.41, 5.74) is -6.23. The minimum Gasteiger partial charge on any atom is -0.483 e. The van der Waals surface area contributed by atoms with Crippen LogP contribution in [0.2, 0.25) is 0 Å². The number of halogens is 2. The normalized spacial score (nSPS) is 43.7. The number of carbonyl (C=O) groups is 1. The van der Waals surface area contributed by atoms with E-state index in [1.165, 1.54) is 14.0 Å². The highest BCUT2D eigenvalue weighted by molar-refractivity contribution is 5.73. The quantitative estimate of drug-likeness (QED) is 0.111. The van der Waals surface area contributed by atoms with Gasteiger partial charge >= 0.3 is 5.97 Å². The zero-order valence-corrected chi connectivity index (χ0v) is 39.8. The van der Waals surface area contributed by atoms with E-state index in [-0.39, 0.29) is 43.6 Å². The molecule has 0 aromatic heterocycles. The second-order valence-electron chi connectivity index (χ2n) is 19.3. The summed E-state index contributed by atoms with van der Waals surface area (Å²) in [4.78, 5) is 14.5. The number of rotatable bonds is 13. The Kier molecular flexibility index (Phi) is 18.8. The maximum atomic E-state index is 14.5. The van der Waals surface area contributed by atoms with Crippen molar-refractivity contribution in [2.45, 2.75) is 198 Å². The molecule has 3 aliphatic rings. The van der Waals surface area contributed by atoms with Gasteiger partial charge in [-0.05, 0) is 100 Å². The number of methoxy groups -OCH3 is 1. The van der Waals surface area contributed by atoms with Crippen molar-refractivity contribution in [2.75, 3.05) is 33.8 Å². The van der Waals surface area contributed by atoms with Gasteiger partial charge < -0.3 is 69.5 Å². The molecule has 63 heavy (non-hydrogen) atoms. The summed E-state index contributed by atoms with van der Waals surface area (Å²) in [6.07, 6.45) is -7.63. The third kappa shape index (κ3) is 12.5. The lowest BCUT2D eigenvalue weighted by atomic mass is 9.75. The second-order valence-corrected chi connectivity index (χ2v) is 19.3. The third-order valence-electron chi connectivity index (χ3n) is 13.8. The van der Waals surface area contributed by atoms with E-state index in [1.54, 1.807) is 55.5 Å². The molecule has 7 N–H and O–H groups in total. The molecule has 17 heteroatoms. The molecule has 10 unspecified atom stereocenters. The summed E-state index contributed by atoms with van der Waals surface area (Å²) < 4.78 is 74.1. The first-order valence-electron chi connectivity index (χ1n) is 22.8. The molecule has 1 aromatic rings. The SMILES string of the molecule is CCCNC[C@]1(O)[C@H](C)O[C@@H](OC2C(C)C(=O)OC(CC)C(C)(O)C(O)C(C)NCC(C)CC(C)(O)C(O[C@@H]3O[C@H](C)C[C@H](NC)[C@H]3Oc3cc(F)cc(F)c3)C2C)C[C@@]1(C)OC. The summed E-state index contributed by atoms with van der Waals surface area (Å²) in [5, 5.41) is 57.9. The highest BCUT2D eigenvalue weighted by Gasteiger charge is 2.58. The van der Waals surface area contributed by atoms with Crippen molar-refractivity contribution in [1.82, 2.24) is 16.0 Å². The van der Waals surface area contributed by atoms with Crippen molar-refractivity contribution in [3.8, 4) is 5.75 Å². The monoisotopic (exact) mass is 904 g/mol. The van der Waals surface area contributed by atoms with E-state index < -0.39 is 113 Å². The number of cyclic esters (lactones) is 1. The molecule has 0 radical (unpaired) electrons. The fourth-order valence-electron chi connectivity index (χ4n) is 9.88. The number of aliphatic hydroxyl groups is 4. The standard InChI is InChI=1S/C46H79F2N3O12/c1-14-16-50-24-46(56)30(8)59-36(22-44(46,10)57-13)62-37-27(5)40(63-42-38(34(49-12)17-26(4)58-42)60-33-19-31(47)18-32(48)20-33)43(9,54)21-25(3)23-51-29(7)39(52)45(11,55)35(15-2)61-41(53)28(37)6/h18-20,25-30,34-40,42,49-52,54-56H,14-17,21-24H2,1-13H3/t25?,26-,27?,28?,29?,30+,34+,35?,36+,37?,38-,39?,40?,42+,43?,44-,45?,46+/m1/s1. The van der Waals surface area contributed by atoms with Crippen LogP contribution in [-0.4, -0.2) is 150 Å². The van der Waals surface area contributed by atoms with Gasteiger partial charge in [-0.25, -0.2) is 8.78 Å². The van der Waals surface area contributed by atoms with Crippen LogP contribution in [0.15, 0.2) is 18.2 Å². The van der Waals surface area contributed by atoms with Gasteiger partial charge in [0.1, 0.15) is 46.4 Å². The van der Waals surface area contributed by atoms with Crippen LogP contribution in [0.3, 0.4) is 0 Å². The minimum absolute atomic E-state index is 0.0390. The number of hydrogen-bond donors (Lipinski definition) is 7. The first-order chi connectivity index (χ1) is 29.4. The molecule has 364 valence electrons. The summed E-state index contributed by atoms with van der Waals surface area (Å²) >= 11 is 0. The van der Waals surface area contributed by atoms with Crippen LogP contribution >= 0.6 is 0 Å². The Labute approximate surface area is 373 Å². The van der Waals surface area contributed by atoms with E-state index >= 15 is 0 Å². The molecule has 15 nitrogen and oxygen atoms in total. The van der Waals surface area contributed by atoms with E-state index in [4.69, 9.17) is 33.2 Å². The Balaban J connectivity index is 1.85. The lowest BCUT2D eigenvalue weighted by molar-refractivity contribution is -0.335. The van der Waals surface area contributed by atoms with E-state index in [0.29, 0.717) is 19.5 Å². The predicted octanol–water partition coefficient (Wildman–Crippen LogP) is 3.95. The van der Waals surface area contributed by atoms with Crippen molar-refractivity contribution in [1.29, 1.82) is 0 Å². The lowest BCUT2D eigenvalue weighted by Gasteiger charge is -2.53. The summed E-state index contributed by atoms with van der Waals surface area (Å²) in [6, 6.07) is 1.80. The molecule has 18 atom stereocenters. The van der Waals surface area contributed by atoms with Gasteiger partial charge in [-0.2, -0.15) is 0 Å². The minimum atomic E-state index is -1.87. The topological polar surface area (TPSA) is 199 Å². The Morgan fingerprint density at radius 2 is 1.59 bits per heavy atom. The average Bonchev–Trinajstić information content (AvgIpc) is 3.21. The van der Waals surface area contributed by atoms with Crippen molar-refractivity contribution in [3.63, 3.8) is 0 Å². The fourth-order valence-corrected chi connectivity index (χ4v) is 9.88. The zero-order valence-electron chi connectivity index (χ0n) is 39.8. The molecule has 0 spiro atoms. The number of ether oxygens (including phenoxy) is 7. The summed E-state index contributed by atoms with van der Waals surface area (Å²) in [6.45, 7) is 20.4. The molecule has 3 fully saturated rings. The molecule has 3 saturated heterocycles. The van der Waals surface area contributed by atoms with Crippen LogP contribution < -0.4 is 20.7 Å². The third-order valence-corrected chi connectivity index (χ3v) is 13.8. The molecule has 0 aliphatic carbocycles. The van der Waals surface area contributed by atoms with Gasteiger partial charge in [-0.3, -0.25) is 4.79 Å². The Hall–Kier alpha value is -2.13. The number of nitrogens with one attached hydrogen (secondary N) is 3. The molecule has 0 saturated carbocycles. The Morgan fingerprint density at radius 1 is 0.937 bits per heavy atom. The number of carbonyl (C=O) groups excluding carboxylic acids is 1. The number of esters is 1. The van der Waals surface area contributed by atoms with Crippen LogP contribution in [0.5, 0.6) is 5.75 Å². The van der Waals surface area contributed by atoms with Crippen molar-refractivity contribution >= 4 is 5.97 Å². The van der Waals surface area contributed by atoms with Gasteiger partial charge in [-0.15, -0.1) is 0 Å². The first-order valence-corrected chi connectivity index (χ1v) is 22.8. The molecule has 0 amide bonds. The molecular weight excluding hydrogens is 825 g/mol. The van der Waals surface area contributed by atoms with Gasteiger partial charge in [0, 0.05) is 50.2 Å². The van der Waals surface area contributed by atoms with Crippen LogP contribution in [-0.2, 0) is 33.2 Å². The van der Waals surface area contributed by atoms with Crippen LogP contribution in [0.4, 0.5) is 8.78 Å². The molecule has 3 aliphatic heterocycles. The largest absolute Gasteiger partial charge is 0.483 e. The molecule has 0 bridgehead atoms. The number of benzene rings is 1. The van der Waals surface area contributed by atoms with Gasteiger partial charge in [0.15, 0.2) is 18.7 Å². The fraction of sp³-hybridized carbons (Fsp3) is 0.848. The number of aliphatic hydroxyl groups excluding tert-OH is 1. The lowest BCUT2D eigenvalue weighted by Crippen LogP contribution is -2.70. The predicted molar refractivity (Wildman–Crippen MR) is 232 cm³/mol. The van der Waals surface area contributed by atoms with Crippen molar-refractivity contribution in [2.24, 2.45) is 17.8 Å². The van der Waals surface area contributed by atoms with Gasteiger partial charge in [0.2, 0.25) is 0 Å². The molecule has 1 aromatic carbocycles. The van der Waals surface area contributed by atoms with E-state index in [2.05, 4.69) is 16.0 Å². The zero-order chi connectivity index (χ0) is 47.2. The summed E-state index contributed by atoms with van der Waals surface area (Å²) in [5.74, 6) is -4.73. The highest BCUT2D eigenvalue weighted by Crippen LogP contribution is 2.43. The van der Waals surface area contributed by atoms with Crippen LogP contribution in [0.1, 0.15) is 108 Å². The van der Waals surface area contributed by atoms with Crippen molar-refractivity contribution < 1.29 is 67.2 Å². The van der Waals surface area contributed by atoms with Crippen LogP contribution in [0, 0.1) is 29.4 Å². The average molecular weight is 904 g/mol. The number of hydrogen-bond acceptors (Lipinski definition) is 15. The molecule has 3 heterocycles. The Morgan fingerprint density at radius 3 is 2.17 bits per heavy atom. The Bertz CT molecular complexity index is 1590. The smallest absolute Gasteiger partial charge is 0.311 e. The second kappa shape index (κ2) is 22.1. The maximum Gasteiger partial charge on any atom is 0.311 e. The maximum absolute atomic E-state index is 14.5. The molecule has 4 rings (SSSR count). The van der Waals surface area contributed by atoms with E-state index in [1.807, 2.05) is 20.8 Å². The first kappa shape index (κ1) is 53.5. The van der Waals surface area contributed by atoms with Gasteiger partial charge in [-0.1, -0.05) is 27.7 Å². The van der Waals surface area contributed by atoms with Crippen LogP contribution in [0.25, 0.3) is 0 Å². The van der Waals surface area contributed by atoms with E-state index in [9.17, 15) is 34.0 Å². The summed E-state index contributed by atoms with van der Waals surface area (Å²) in [7, 11) is 3.24. The van der Waals surface area contributed by atoms with Gasteiger partial charge in [0.25, 0.3) is 0 Å².